The lowest BCUT2D eigenvalue weighted by Crippen LogP contribution is -2.54. The third-order valence-corrected chi connectivity index (χ3v) is 8.69. The summed E-state index contributed by atoms with van der Waals surface area (Å²) in [7, 11) is -4.17. The van der Waals surface area contributed by atoms with Crippen molar-refractivity contribution in [1.29, 1.82) is 0 Å². The van der Waals surface area contributed by atoms with Gasteiger partial charge in [0.15, 0.2) is 0 Å². The molecule has 9 nitrogen and oxygen atoms in total. The van der Waals surface area contributed by atoms with Crippen molar-refractivity contribution in [2.45, 2.75) is 50.5 Å². The van der Waals surface area contributed by atoms with Crippen molar-refractivity contribution in [3.05, 3.63) is 65.2 Å². The molecule has 2 aromatic carbocycles. The number of rotatable bonds is 10. The van der Waals surface area contributed by atoms with Gasteiger partial charge in [-0.1, -0.05) is 24.3 Å². The van der Waals surface area contributed by atoms with Crippen LogP contribution in [0.15, 0.2) is 53.4 Å². The van der Waals surface area contributed by atoms with Gasteiger partial charge >= 0.3 is 5.97 Å². The van der Waals surface area contributed by atoms with E-state index in [1.54, 1.807) is 6.07 Å². The van der Waals surface area contributed by atoms with Gasteiger partial charge in [-0.05, 0) is 80.2 Å². The van der Waals surface area contributed by atoms with Crippen molar-refractivity contribution in [2.24, 2.45) is 17.1 Å². The van der Waals surface area contributed by atoms with Gasteiger partial charge in [-0.3, -0.25) is 0 Å². The molecule has 2 bridgehead atoms. The first kappa shape index (κ1) is 27.8. The van der Waals surface area contributed by atoms with E-state index in [1.165, 1.54) is 37.5 Å². The number of ether oxygens (including phenoxy) is 1. The summed E-state index contributed by atoms with van der Waals surface area (Å²) in [6.45, 7) is 4.15. The van der Waals surface area contributed by atoms with Crippen LogP contribution in [0.5, 0.6) is 5.88 Å². The van der Waals surface area contributed by atoms with E-state index in [4.69, 9.17) is 10.5 Å². The van der Waals surface area contributed by atoms with Gasteiger partial charge in [-0.2, -0.15) is 4.98 Å². The molecule has 0 saturated heterocycles. The minimum Gasteiger partial charge on any atom is -0.478 e. The summed E-state index contributed by atoms with van der Waals surface area (Å²) < 4.78 is 34.5. The van der Waals surface area contributed by atoms with Gasteiger partial charge in [0.05, 0.1) is 16.2 Å². The van der Waals surface area contributed by atoms with Crippen LogP contribution in [0, 0.1) is 25.2 Å². The summed E-state index contributed by atoms with van der Waals surface area (Å²) in [4.78, 5) is 19.9. The predicted octanol–water partition coefficient (Wildman–Crippen LogP) is 4.58. The number of aromatic nitrogens is 2. The summed E-state index contributed by atoms with van der Waals surface area (Å²) in [6.07, 6.45) is 4.65. The van der Waals surface area contributed by atoms with Gasteiger partial charge in [0, 0.05) is 17.7 Å². The largest absolute Gasteiger partial charge is 0.478 e. The van der Waals surface area contributed by atoms with Gasteiger partial charge in [0.2, 0.25) is 11.8 Å². The first-order chi connectivity index (χ1) is 17.5. The lowest BCUT2D eigenvalue weighted by Gasteiger charge is -2.63. The molecule has 0 radical (unpaired) electrons. The second kappa shape index (κ2) is 10.5. The van der Waals surface area contributed by atoms with E-state index in [9.17, 15) is 18.3 Å². The molecule has 3 saturated carbocycles. The number of carbonyl (C=O) groups is 1. The highest BCUT2D eigenvalue weighted by Crippen LogP contribution is 2.66. The Morgan fingerprint density at radius 3 is 2.39 bits per heavy atom. The molecule has 0 amide bonds. The molecule has 11 heteroatoms. The molecule has 3 fully saturated rings. The zero-order chi connectivity index (χ0) is 26.4. The SMILES string of the molecule is Cc1cccc(C)c1-c1cc(OC[C@H](N)CC23CC(C2)C3)nc(NS(=O)(=O)c2cccc(C(=O)O)c2)n1.Cl. The molecule has 3 aromatic rings. The van der Waals surface area contributed by atoms with Gasteiger partial charge in [-0.25, -0.2) is 22.9 Å². The average Bonchev–Trinajstić information content (AvgIpc) is 2.79. The number of nitrogens with one attached hydrogen (secondary N) is 1. The first-order valence-electron chi connectivity index (χ1n) is 12.2. The van der Waals surface area contributed by atoms with Crippen LogP contribution in [0.4, 0.5) is 5.95 Å². The third kappa shape index (κ3) is 5.62. The number of carboxylic acids is 1. The maximum absolute atomic E-state index is 13.1. The maximum Gasteiger partial charge on any atom is 0.335 e. The van der Waals surface area contributed by atoms with Crippen molar-refractivity contribution < 1.29 is 23.1 Å². The van der Waals surface area contributed by atoms with Crippen molar-refractivity contribution in [1.82, 2.24) is 9.97 Å². The molecule has 4 N–H and O–H groups in total. The molecule has 1 atom stereocenters. The number of anilines is 1. The molecule has 38 heavy (non-hydrogen) atoms. The maximum atomic E-state index is 13.1. The van der Waals surface area contributed by atoms with Crippen LogP contribution in [0.3, 0.4) is 0 Å². The molecular formula is C27H31ClN4O5S. The number of halogens is 1. The van der Waals surface area contributed by atoms with E-state index in [0.29, 0.717) is 11.1 Å². The second-order valence-corrected chi connectivity index (χ2v) is 12.1. The summed E-state index contributed by atoms with van der Waals surface area (Å²) in [5.41, 5.74) is 9.89. The molecule has 6 rings (SSSR count). The van der Waals surface area contributed by atoms with Crippen molar-refractivity contribution in [2.75, 3.05) is 11.3 Å². The average molecular weight is 559 g/mol. The van der Waals surface area contributed by atoms with E-state index < -0.39 is 16.0 Å². The van der Waals surface area contributed by atoms with Crippen molar-refractivity contribution >= 4 is 34.3 Å². The van der Waals surface area contributed by atoms with Crippen LogP contribution in [0.2, 0.25) is 0 Å². The van der Waals surface area contributed by atoms with E-state index >= 15 is 0 Å². The zero-order valence-electron chi connectivity index (χ0n) is 21.2. The van der Waals surface area contributed by atoms with Crippen LogP contribution in [-0.4, -0.2) is 42.1 Å². The quantitative estimate of drug-likeness (QED) is 0.328. The monoisotopic (exact) mass is 558 g/mol. The Labute approximate surface area is 228 Å². The number of benzene rings is 2. The molecule has 3 aliphatic rings. The number of carboxylic acid groups (broad SMARTS) is 1. The molecular weight excluding hydrogens is 528 g/mol. The Balaban J connectivity index is 0.00000336. The van der Waals surface area contributed by atoms with Gasteiger partial charge in [-0.15, -0.1) is 12.4 Å². The fraction of sp³-hybridized carbons (Fsp3) is 0.370. The second-order valence-electron chi connectivity index (χ2n) is 10.4. The molecule has 202 valence electrons. The Hall–Kier alpha value is -3.21. The van der Waals surface area contributed by atoms with E-state index in [-0.39, 0.29) is 47.3 Å². The number of nitrogens with zero attached hydrogens (tertiary/aromatic N) is 2. The minimum atomic E-state index is -4.17. The lowest BCUT2D eigenvalue weighted by molar-refractivity contribution is -0.117. The highest BCUT2D eigenvalue weighted by atomic mass is 35.5. The fourth-order valence-corrected chi connectivity index (χ4v) is 6.57. The molecule has 0 unspecified atom stereocenters. The van der Waals surface area contributed by atoms with E-state index in [0.717, 1.165) is 35.1 Å². The summed E-state index contributed by atoms with van der Waals surface area (Å²) in [5.74, 6) is -0.320. The Bertz CT molecular complexity index is 1440. The Kier molecular flexibility index (Phi) is 7.69. The van der Waals surface area contributed by atoms with Crippen LogP contribution in [0.25, 0.3) is 11.3 Å². The van der Waals surface area contributed by atoms with Crippen LogP contribution in [0.1, 0.15) is 47.2 Å². The van der Waals surface area contributed by atoms with Crippen molar-refractivity contribution in [3.63, 3.8) is 0 Å². The molecule has 3 aliphatic carbocycles. The van der Waals surface area contributed by atoms with Gasteiger partial charge in [0.1, 0.15) is 6.61 Å². The third-order valence-electron chi connectivity index (χ3n) is 7.36. The van der Waals surface area contributed by atoms with E-state index in [1.807, 2.05) is 32.0 Å². The summed E-state index contributed by atoms with van der Waals surface area (Å²) in [5, 5.41) is 9.25. The lowest BCUT2D eigenvalue weighted by atomic mass is 9.43. The minimum absolute atomic E-state index is 0. The standard InChI is InChI=1S/C27H30N4O5S.ClH/c1-16-5-3-6-17(2)24(16)22-10-23(36-15-20(28)14-27-11-18(12-27)13-27)30-26(29-22)31-37(34,35)21-8-4-7-19(9-21)25(32)33;/h3-10,18,20H,11-15,28H2,1-2H3,(H,32,33)(H,29,30,31);1H/t18?,20-,27?;/m1./s1. The fourth-order valence-electron chi connectivity index (χ4n) is 5.58. The zero-order valence-corrected chi connectivity index (χ0v) is 22.8. The van der Waals surface area contributed by atoms with Crippen LogP contribution < -0.4 is 15.2 Å². The highest BCUT2D eigenvalue weighted by molar-refractivity contribution is 7.92. The Morgan fingerprint density at radius 2 is 1.79 bits per heavy atom. The summed E-state index contributed by atoms with van der Waals surface area (Å²) in [6, 6.07) is 12.5. The van der Waals surface area contributed by atoms with E-state index in [2.05, 4.69) is 14.7 Å². The number of nitrogens with two attached hydrogens (primary N) is 1. The Morgan fingerprint density at radius 1 is 1.13 bits per heavy atom. The number of hydrogen-bond acceptors (Lipinski definition) is 7. The highest BCUT2D eigenvalue weighted by Gasteiger charge is 2.56. The number of aryl methyl sites for hydroxylation is 2. The number of aromatic carboxylic acids is 1. The smallest absolute Gasteiger partial charge is 0.335 e. The van der Waals surface area contributed by atoms with Gasteiger partial charge in [0.25, 0.3) is 10.0 Å². The van der Waals surface area contributed by atoms with Gasteiger partial charge < -0.3 is 15.6 Å². The number of hydrogen-bond donors (Lipinski definition) is 3. The number of sulfonamides is 1. The molecule has 1 aromatic heterocycles. The first-order valence-corrected chi connectivity index (χ1v) is 13.7. The molecule has 1 heterocycles. The molecule has 0 aliphatic heterocycles. The van der Waals surface area contributed by atoms with Crippen molar-refractivity contribution in [3.8, 4) is 17.1 Å². The normalized spacial score (nSPS) is 20.3. The topological polar surface area (TPSA) is 144 Å². The summed E-state index contributed by atoms with van der Waals surface area (Å²) >= 11 is 0. The van der Waals surface area contributed by atoms with Crippen LogP contribution >= 0.6 is 12.4 Å². The van der Waals surface area contributed by atoms with Crippen LogP contribution in [-0.2, 0) is 10.0 Å². The molecule has 0 spiro atoms. The predicted molar refractivity (Wildman–Crippen MR) is 146 cm³/mol.